The lowest BCUT2D eigenvalue weighted by molar-refractivity contribution is -0.127. The van der Waals surface area contributed by atoms with E-state index in [-0.39, 0.29) is 85.4 Å². The van der Waals surface area contributed by atoms with Crippen molar-refractivity contribution in [1.82, 2.24) is 0 Å². The summed E-state index contributed by atoms with van der Waals surface area (Å²) >= 11 is 50.5. The van der Waals surface area contributed by atoms with Crippen LogP contribution in [-0.4, -0.2) is 47.3 Å². The summed E-state index contributed by atoms with van der Waals surface area (Å²) in [5, 5.41) is 25.6. The molecule has 2 unspecified atom stereocenters. The van der Waals surface area contributed by atoms with E-state index in [1.807, 2.05) is 0 Å². The summed E-state index contributed by atoms with van der Waals surface area (Å²) in [6, 6.07) is 16.9. The van der Waals surface area contributed by atoms with Gasteiger partial charge in [0.2, 0.25) is 12.1 Å². The van der Waals surface area contributed by atoms with Crippen LogP contribution in [0, 0.1) is 0 Å². The van der Waals surface area contributed by atoms with Crippen LogP contribution in [0.2, 0.25) is 40.2 Å². The van der Waals surface area contributed by atoms with E-state index in [0.29, 0.717) is 0 Å². The SMILES string of the molecule is CC(=O)C(N=Nc1cccc(C(=O)Nc2c(Cl)cccc2Cl)c1Cl)C(=O)Nc1ccc(NC(=O)C(N=Nc2cccc(C(=O)Nc3c(Cl)cccc3Cl)c2Cl)C(C)=O)c(Cl)c1Cl. The first kappa shape index (κ1) is 47.9. The molecule has 2 atom stereocenters. The van der Waals surface area contributed by atoms with Gasteiger partial charge in [-0.3, -0.25) is 28.8 Å². The minimum atomic E-state index is -1.72. The minimum absolute atomic E-state index is 0.0353. The van der Waals surface area contributed by atoms with Gasteiger partial charge in [-0.1, -0.05) is 117 Å². The topological polar surface area (TPSA) is 200 Å². The Morgan fingerprint density at radius 2 is 0.758 bits per heavy atom. The highest BCUT2D eigenvalue weighted by molar-refractivity contribution is 6.46. The van der Waals surface area contributed by atoms with Crippen LogP contribution in [0.25, 0.3) is 0 Å². The summed E-state index contributed by atoms with van der Waals surface area (Å²) in [6.45, 7) is 2.19. The molecule has 5 aromatic rings. The average Bonchev–Trinajstić information content (AvgIpc) is 3.21. The van der Waals surface area contributed by atoms with E-state index in [0.717, 1.165) is 13.8 Å². The van der Waals surface area contributed by atoms with Crippen molar-refractivity contribution in [2.24, 2.45) is 20.5 Å². The molecule has 0 fully saturated rings. The van der Waals surface area contributed by atoms with Crippen LogP contribution in [-0.2, 0) is 19.2 Å². The van der Waals surface area contributed by atoms with Crippen molar-refractivity contribution in [3.8, 4) is 0 Å². The predicted octanol–water partition coefficient (Wildman–Crippen LogP) is 12.8. The van der Waals surface area contributed by atoms with E-state index >= 15 is 0 Å². The smallest absolute Gasteiger partial charge is 0.258 e. The monoisotopic (exact) mass is 994 g/mol. The molecule has 0 aromatic heterocycles. The molecule has 5 aromatic carbocycles. The number of hydrogen-bond donors (Lipinski definition) is 4. The maximum absolute atomic E-state index is 13.3. The predicted molar refractivity (Wildman–Crippen MR) is 243 cm³/mol. The third-order valence-electron chi connectivity index (χ3n) is 8.28. The molecule has 4 N–H and O–H groups in total. The van der Waals surface area contributed by atoms with Crippen molar-refractivity contribution >= 4 is 162 Å². The number of carbonyl (C=O) groups is 6. The maximum Gasteiger partial charge on any atom is 0.258 e. The van der Waals surface area contributed by atoms with Gasteiger partial charge in [0.25, 0.3) is 23.6 Å². The Balaban J connectivity index is 1.28. The first-order valence-corrected chi connectivity index (χ1v) is 20.4. The van der Waals surface area contributed by atoms with Gasteiger partial charge >= 0.3 is 0 Å². The van der Waals surface area contributed by atoms with E-state index in [1.54, 1.807) is 12.1 Å². The van der Waals surface area contributed by atoms with Gasteiger partial charge in [0, 0.05) is 0 Å². The molecule has 0 saturated heterocycles. The van der Waals surface area contributed by atoms with Crippen molar-refractivity contribution in [1.29, 1.82) is 0 Å². The Labute approximate surface area is 392 Å². The molecule has 318 valence electrons. The third kappa shape index (κ3) is 11.4. The Bertz CT molecular complexity index is 2490. The van der Waals surface area contributed by atoms with Gasteiger partial charge in [0.05, 0.1) is 74.1 Å². The fourth-order valence-electron chi connectivity index (χ4n) is 5.16. The molecule has 5 rings (SSSR count). The number of nitrogens with one attached hydrogen (secondary N) is 4. The zero-order chi connectivity index (χ0) is 45.4. The Kier molecular flexibility index (Phi) is 16.4. The van der Waals surface area contributed by atoms with Crippen LogP contribution in [0.15, 0.2) is 105 Å². The molecule has 14 nitrogen and oxygen atoms in total. The molecule has 0 radical (unpaired) electrons. The second kappa shape index (κ2) is 21.3. The van der Waals surface area contributed by atoms with Gasteiger partial charge in [-0.25, -0.2) is 0 Å². The van der Waals surface area contributed by atoms with Gasteiger partial charge in [-0.15, -0.1) is 0 Å². The molecule has 0 heterocycles. The molecule has 0 bridgehead atoms. The fraction of sp³-hybridized carbons (Fsp3) is 0.100. The maximum atomic E-state index is 13.3. The summed E-state index contributed by atoms with van der Waals surface area (Å²) in [4.78, 5) is 77.8. The molecular formula is C40H26Cl8N8O6. The van der Waals surface area contributed by atoms with Gasteiger partial charge in [-0.2, -0.15) is 20.5 Å². The molecule has 22 heteroatoms. The van der Waals surface area contributed by atoms with Crippen LogP contribution in [0.5, 0.6) is 0 Å². The summed E-state index contributed by atoms with van der Waals surface area (Å²) in [5.74, 6) is -4.74. The van der Waals surface area contributed by atoms with Crippen molar-refractivity contribution < 1.29 is 28.8 Å². The number of ketones is 2. The van der Waals surface area contributed by atoms with E-state index in [4.69, 9.17) is 92.8 Å². The highest BCUT2D eigenvalue weighted by Crippen LogP contribution is 2.38. The van der Waals surface area contributed by atoms with Crippen LogP contribution in [0.1, 0.15) is 34.6 Å². The van der Waals surface area contributed by atoms with Crippen molar-refractivity contribution in [3.05, 3.63) is 136 Å². The van der Waals surface area contributed by atoms with E-state index in [9.17, 15) is 28.8 Å². The van der Waals surface area contributed by atoms with E-state index in [2.05, 4.69) is 41.7 Å². The zero-order valence-corrected chi connectivity index (χ0v) is 37.5. The summed E-state index contributed by atoms with van der Waals surface area (Å²) < 4.78 is 0. The largest absolute Gasteiger partial charge is 0.322 e. The highest BCUT2D eigenvalue weighted by atomic mass is 35.5. The molecular weight excluding hydrogens is 972 g/mol. The van der Waals surface area contributed by atoms with Crippen LogP contribution >= 0.6 is 92.8 Å². The third-order valence-corrected chi connectivity index (χ3v) is 11.2. The summed E-state index contributed by atoms with van der Waals surface area (Å²) in [6.07, 6.45) is 0. The lowest BCUT2D eigenvalue weighted by Gasteiger charge is -2.15. The number of azo groups is 2. The number of Topliss-reactive ketones (excluding diaryl/α,β-unsaturated/α-hetero) is 2. The highest BCUT2D eigenvalue weighted by Gasteiger charge is 2.28. The molecule has 0 aliphatic carbocycles. The van der Waals surface area contributed by atoms with Gasteiger partial charge in [-0.05, 0) is 74.5 Å². The number of amides is 4. The standard InChI is InChI=1S/C40H26Cl8N8O6/c1-17(57)33(55-53-27-13-3-7-19(29(27)45)37(59)51-35-21(41)9-5-10-22(35)42)39(61)49-25-15-16-26(32(48)31(25)47)50-40(62)34(18(2)58)56-54-28-14-4-8-20(30(28)46)38(60)52-36-23(43)11-6-12-24(36)44/h3-16,33-34H,1-2H3,(H,49,61)(H,50,62)(H,51,59)(H,52,60). The lowest BCUT2D eigenvalue weighted by atomic mass is 10.1. The molecule has 0 aliphatic rings. The molecule has 0 saturated carbocycles. The number of anilines is 4. The minimum Gasteiger partial charge on any atom is -0.322 e. The average molecular weight is 998 g/mol. The van der Waals surface area contributed by atoms with Gasteiger partial charge < -0.3 is 21.3 Å². The normalized spacial score (nSPS) is 12.2. The van der Waals surface area contributed by atoms with Crippen LogP contribution in [0.3, 0.4) is 0 Å². The summed E-state index contributed by atoms with van der Waals surface area (Å²) in [7, 11) is 0. The number of carbonyl (C=O) groups excluding carboxylic acids is 6. The fourth-order valence-corrected chi connectivity index (χ4v) is 7.07. The number of rotatable bonds is 14. The second-order valence-electron chi connectivity index (χ2n) is 12.6. The van der Waals surface area contributed by atoms with Gasteiger partial charge in [0.1, 0.15) is 11.4 Å². The van der Waals surface area contributed by atoms with Crippen molar-refractivity contribution in [2.75, 3.05) is 21.3 Å². The quantitative estimate of drug-likeness (QED) is 0.0630. The first-order valence-electron chi connectivity index (χ1n) is 17.4. The summed E-state index contributed by atoms with van der Waals surface area (Å²) in [5.41, 5.74) is -0.0310. The number of hydrogen-bond acceptors (Lipinski definition) is 10. The molecule has 0 spiro atoms. The number of halogens is 8. The Morgan fingerprint density at radius 3 is 1.08 bits per heavy atom. The molecule has 4 amide bonds. The molecule has 0 aliphatic heterocycles. The van der Waals surface area contributed by atoms with Crippen LogP contribution in [0.4, 0.5) is 34.1 Å². The van der Waals surface area contributed by atoms with Crippen molar-refractivity contribution in [3.63, 3.8) is 0 Å². The van der Waals surface area contributed by atoms with E-state index < -0.39 is 47.3 Å². The second-order valence-corrected chi connectivity index (χ2v) is 15.7. The Hall–Kier alpha value is -5.16. The zero-order valence-electron chi connectivity index (χ0n) is 31.5. The molecule has 62 heavy (non-hydrogen) atoms. The van der Waals surface area contributed by atoms with Crippen molar-refractivity contribution in [2.45, 2.75) is 25.9 Å². The first-order chi connectivity index (χ1) is 29.4. The number of benzene rings is 5. The number of para-hydroxylation sites is 2. The van der Waals surface area contributed by atoms with E-state index in [1.165, 1.54) is 72.8 Å². The van der Waals surface area contributed by atoms with Crippen LogP contribution < -0.4 is 21.3 Å². The lowest BCUT2D eigenvalue weighted by Crippen LogP contribution is -2.32. The number of nitrogens with zero attached hydrogens (tertiary/aromatic N) is 4. The van der Waals surface area contributed by atoms with Gasteiger partial charge in [0.15, 0.2) is 11.6 Å². The Morgan fingerprint density at radius 1 is 0.435 bits per heavy atom.